The number of nitrogens with zero attached hydrogens (tertiary/aromatic N) is 1. The van der Waals surface area contributed by atoms with Crippen LogP contribution in [0.3, 0.4) is 0 Å². The van der Waals surface area contributed by atoms with Crippen molar-refractivity contribution in [3.8, 4) is 0 Å². The van der Waals surface area contributed by atoms with Gasteiger partial charge in [-0.2, -0.15) is 0 Å². The van der Waals surface area contributed by atoms with E-state index in [-0.39, 0.29) is 17.4 Å². The number of carbonyl (C=O) groups is 1. The summed E-state index contributed by atoms with van der Waals surface area (Å²) in [5, 5.41) is 11.3. The van der Waals surface area contributed by atoms with Crippen LogP contribution in [0.5, 0.6) is 0 Å². The Bertz CT molecular complexity index is 538. The highest BCUT2D eigenvalue weighted by Gasteiger charge is 2.17. The zero-order chi connectivity index (χ0) is 15.2. The van der Waals surface area contributed by atoms with Crippen LogP contribution in [-0.4, -0.2) is 51.0 Å². The van der Waals surface area contributed by atoms with Crippen LogP contribution in [0, 0.1) is 0 Å². The van der Waals surface area contributed by atoms with E-state index in [4.69, 9.17) is 5.11 Å². The molecule has 112 valence electrons. The third-order valence-electron chi connectivity index (χ3n) is 2.77. The molecule has 7 heteroatoms. The van der Waals surface area contributed by atoms with E-state index in [1.54, 1.807) is 0 Å². The minimum atomic E-state index is -3.47. The molecule has 1 aromatic carbocycles. The predicted octanol–water partition coefficient (Wildman–Crippen LogP) is 0.439. The van der Waals surface area contributed by atoms with Crippen LogP contribution in [-0.2, 0) is 10.0 Å². The maximum absolute atomic E-state index is 11.9. The van der Waals surface area contributed by atoms with Crippen molar-refractivity contribution in [2.24, 2.45) is 0 Å². The number of unbranched alkanes of at least 4 members (excludes halogenated alkanes) is 1. The van der Waals surface area contributed by atoms with E-state index in [1.807, 2.05) is 0 Å². The molecule has 0 aromatic heterocycles. The van der Waals surface area contributed by atoms with Crippen molar-refractivity contribution in [1.82, 2.24) is 9.62 Å². The topological polar surface area (TPSA) is 86.7 Å². The van der Waals surface area contributed by atoms with Crippen molar-refractivity contribution in [2.75, 3.05) is 27.2 Å². The van der Waals surface area contributed by atoms with Gasteiger partial charge in [-0.3, -0.25) is 4.79 Å². The lowest BCUT2D eigenvalue weighted by Gasteiger charge is -2.11. The first-order valence-corrected chi connectivity index (χ1v) is 7.75. The number of benzene rings is 1. The third-order valence-corrected chi connectivity index (χ3v) is 4.59. The van der Waals surface area contributed by atoms with E-state index in [0.29, 0.717) is 24.9 Å². The molecule has 0 heterocycles. The minimum Gasteiger partial charge on any atom is -0.396 e. The summed E-state index contributed by atoms with van der Waals surface area (Å²) in [6.45, 7) is 0.587. The molecular formula is C13H20N2O4S. The summed E-state index contributed by atoms with van der Waals surface area (Å²) >= 11 is 0. The molecular weight excluding hydrogens is 280 g/mol. The van der Waals surface area contributed by atoms with Gasteiger partial charge in [-0.1, -0.05) is 0 Å². The molecule has 1 amide bonds. The summed E-state index contributed by atoms with van der Waals surface area (Å²) in [7, 11) is -0.559. The standard InChI is InChI=1S/C13H20N2O4S/c1-15(2)20(18,19)12-7-5-11(6-8-12)13(17)14-9-3-4-10-16/h5-8,16H,3-4,9-10H2,1-2H3,(H,14,17). The molecule has 0 aliphatic rings. The van der Waals surface area contributed by atoms with Gasteiger partial charge < -0.3 is 10.4 Å². The van der Waals surface area contributed by atoms with Crippen molar-refractivity contribution in [2.45, 2.75) is 17.7 Å². The number of aliphatic hydroxyl groups excluding tert-OH is 1. The van der Waals surface area contributed by atoms with E-state index < -0.39 is 10.0 Å². The lowest BCUT2D eigenvalue weighted by Crippen LogP contribution is -2.25. The van der Waals surface area contributed by atoms with E-state index >= 15 is 0 Å². The van der Waals surface area contributed by atoms with Gasteiger partial charge >= 0.3 is 0 Å². The quantitative estimate of drug-likeness (QED) is 0.715. The molecule has 0 saturated carbocycles. The van der Waals surface area contributed by atoms with Gasteiger partial charge in [0.25, 0.3) is 5.91 Å². The van der Waals surface area contributed by atoms with Crippen LogP contribution >= 0.6 is 0 Å². The monoisotopic (exact) mass is 300 g/mol. The molecule has 2 N–H and O–H groups in total. The predicted molar refractivity (Wildman–Crippen MR) is 76.0 cm³/mol. The average Bonchev–Trinajstić information content (AvgIpc) is 2.43. The molecule has 0 fully saturated rings. The maximum atomic E-state index is 11.9. The highest BCUT2D eigenvalue weighted by molar-refractivity contribution is 7.89. The van der Waals surface area contributed by atoms with E-state index in [0.717, 1.165) is 4.31 Å². The van der Waals surface area contributed by atoms with Gasteiger partial charge in [0.1, 0.15) is 0 Å². The molecule has 1 rings (SSSR count). The van der Waals surface area contributed by atoms with E-state index in [9.17, 15) is 13.2 Å². The van der Waals surface area contributed by atoms with Gasteiger partial charge in [-0.05, 0) is 37.1 Å². The number of amides is 1. The lowest BCUT2D eigenvalue weighted by molar-refractivity contribution is 0.0952. The molecule has 0 aliphatic heterocycles. The first-order chi connectivity index (χ1) is 9.39. The fraction of sp³-hybridized carbons (Fsp3) is 0.462. The van der Waals surface area contributed by atoms with Crippen molar-refractivity contribution in [1.29, 1.82) is 0 Å². The fourth-order valence-corrected chi connectivity index (χ4v) is 2.43. The Labute approximate surface area is 119 Å². The van der Waals surface area contributed by atoms with E-state index in [2.05, 4.69) is 5.32 Å². The summed E-state index contributed by atoms with van der Waals surface area (Å²) in [5.41, 5.74) is 0.409. The largest absolute Gasteiger partial charge is 0.396 e. The Morgan fingerprint density at radius 1 is 1.20 bits per heavy atom. The Balaban J connectivity index is 2.69. The van der Waals surface area contributed by atoms with Crippen LogP contribution in [0.15, 0.2) is 29.2 Å². The molecule has 0 atom stereocenters. The number of nitrogens with one attached hydrogen (secondary N) is 1. The molecule has 0 radical (unpaired) electrons. The lowest BCUT2D eigenvalue weighted by atomic mass is 10.2. The second kappa shape index (κ2) is 7.37. The highest BCUT2D eigenvalue weighted by Crippen LogP contribution is 2.13. The molecule has 0 aliphatic carbocycles. The fourth-order valence-electron chi connectivity index (χ4n) is 1.53. The van der Waals surface area contributed by atoms with E-state index in [1.165, 1.54) is 38.4 Å². The van der Waals surface area contributed by atoms with Crippen LogP contribution in [0.25, 0.3) is 0 Å². The van der Waals surface area contributed by atoms with Gasteiger partial charge in [-0.25, -0.2) is 12.7 Å². The smallest absolute Gasteiger partial charge is 0.251 e. The first-order valence-electron chi connectivity index (χ1n) is 6.31. The number of aliphatic hydroxyl groups is 1. The van der Waals surface area contributed by atoms with Crippen molar-refractivity contribution < 1.29 is 18.3 Å². The van der Waals surface area contributed by atoms with Gasteiger partial charge in [0, 0.05) is 32.8 Å². The molecule has 1 aromatic rings. The van der Waals surface area contributed by atoms with Crippen molar-refractivity contribution in [3.63, 3.8) is 0 Å². The average molecular weight is 300 g/mol. The van der Waals surface area contributed by atoms with Crippen molar-refractivity contribution in [3.05, 3.63) is 29.8 Å². The molecule has 0 unspecified atom stereocenters. The van der Waals surface area contributed by atoms with Gasteiger partial charge in [0.15, 0.2) is 0 Å². The van der Waals surface area contributed by atoms with Crippen LogP contribution in [0.1, 0.15) is 23.2 Å². The SMILES string of the molecule is CN(C)S(=O)(=O)c1ccc(C(=O)NCCCCO)cc1. The first kappa shape index (κ1) is 16.6. The Hall–Kier alpha value is -1.44. The number of hydrogen-bond acceptors (Lipinski definition) is 4. The van der Waals surface area contributed by atoms with Crippen LogP contribution in [0.4, 0.5) is 0 Å². The summed E-state index contributed by atoms with van der Waals surface area (Å²) < 4.78 is 24.8. The number of carbonyl (C=O) groups excluding carboxylic acids is 1. The highest BCUT2D eigenvalue weighted by atomic mass is 32.2. The Morgan fingerprint density at radius 3 is 2.30 bits per heavy atom. The molecule has 6 nitrogen and oxygen atoms in total. The zero-order valence-electron chi connectivity index (χ0n) is 11.7. The van der Waals surface area contributed by atoms with Crippen LogP contribution < -0.4 is 5.32 Å². The van der Waals surface area contributed by atoms with Gasteiger partial charge in [-0.15, -0.1) is 0 Å². The van der Waals surface area contributed by atoms with Gasteiger partial charge in [0.05, 0.1) is 4.90 Å². The number of sulfonamides is 1. The molecule has 20 heavy (non-hydrogen) atoms. The summed E-state index contributed by atoms with van der Waals surface area (Å²) in [6.07, 6.45) is 1.34. The molecule has 0 bridgehead atoms. The maximum Gasteiger partial charge on any atom is 0.251 e. The molecule has 0 spiro atoms. The van der Waals surface area contributed by atoms with Crippen molar-refractivity contribution >= 4 is 15.9 Å². The summed E-state index contributed by atoms with van der Waals surface area (Å²) in [4.78, 5) is 11.9. The van der Waals surface area contributed by atoms with Crippen LogP contribution in [0.2, 0.25) is 0 Å². The Morgan fingerprint density at radius 2 is 1.80 bits per heavy atom. The third kappa shape index (κ3) is 4.29. The second-order valence-corrected chi connectivity index (χ2v) is 6.65. The number of rotatable bonds is 7. The second-order valence-electron chi connectivity index (χ2n) is 4.50. The summed E-state index contributed by atoms with van der Waals surface area (Å²) in [5.74, 6) is -0.253. The molecule has 0 saturated heterocycles. The minimum absolute atomic E-state index is 0.104. The zero-order valence-corrected chi connectivity index (χ0v) is 12.5. The van der Waals surface area contributed by atoms with Gasteiger partial charge in [0.2, 0.25) is 10.0 Å². The Kier molecular flexibility index (Phi) is 6.12. The summed E-state index contributed by atoms with van der Waals surface area (Å²) in [6, 6.07) is 5.80. The number of hydrogen-bond donors (Lipinski definition) is 2. The normalized spacial score (nSPS) is 11.6.